The number of fused-ring (bicyclic) bond motifs is 1. The number of allylic oxidation sites excluding steroid dienone is 1. The van der Waals surface area contributed by atoms with Crippen LogP contribution in [0.3, 0.4) is 0 Å². The molecule has 0 unspecified atom stereocenters. The highest BCUT2D eigenvalue weighted by Gasteiger charge is 2.11. The van der Waals surface area contributed by atoms with Gasteiger partial charge in [0.25, 0.3) is 0 Å². The van der Waals surface area contributed by atoms with Gasteiger partial charge in [-0.2, -0.15) is 0 Å². The highest BCUT2D eigenvalue weighted by Crippen LogP contribution is 2.31. The molecule has 0 saturated carbocycles. The molecule has 4 aromatic rings. The number of aromatic nitrogens is 2. The number of benzene rings is 1. The van der Waals surface area contributed by atoms with Crippen LogP contribution in [0.1, 0.15) is 16.1 Å². The molecule has 3 aromatic heterocycles. The van der Waals surface area contributed by atoms with Gasteiger partial charge < -0.3 is 4.42 Å². The monoisotopic (exact) mass is 350 g/mol. The van der Waals surface area contributed by atoms with Crippen molar-refractivity contribution in [3.63, 3.8) is 0 Å². The Morgan fingerprint density at radius 1 is 1.16 bits per heavy atom. The summed E-state index contributed by atoms with van der Waals surface area (Å²) in [6.45, 7) is 0. The van der Waals surface area contributed by atoms with E-state index < -0.39 is 11.6 Å². The predicted octanol–water partition coefficient (Wildman–Crippen LogP) is 4.99. The molecule has 0 fully saturated rings. The van der Waals surface area contributed by atoms with E-state index >= 15 is 0 Å². The lowest BCUT2D eigenvalue weighted by Gasteiger charge is -1.96. The minimum Gasteiger partial charge on any atom is -0.454 e. The smallest absolute Gasteiger partial charge is 0.189 e. The molecule has 6 heteroatoms. The number of ketones is 1. The normalized spacial score (nSPS) is 11.4. The molecule has 0 aliphatic carbocycles. The van der Waals surface area contributed by atoms with Crippen LogP contribution in [0.25, 0.3) is 27.1 Å². The molecule has 0 bridgehead atoms. The zero-order valence-electron chi connectivity index (χ0n) is 12.8. The maximum atomic E-state index is 13.5. The van der Waals surface area contributed by atoms with Crippen LogP contribution in [-0.4, -0.2) is 15.8 Å². The third-order valence-corrected chi connectivity index (χ3v) is 4.62. The van der Waals surface area contributed by atoms with E-state index in [0.717, 1.165) is 21.4 Å². The third-order valence-electron chi connectivity index (χ3n) is 3.57. The van der Waals surface area contributed by atoms with Crippen LogP contribution in [0.5, 0.6) is 0 Å². The zero-order valence-corrected chi connectivity index (χ0v) is 13.7. The van der Waals surface area contributed by atoms with E-state index in [0.29, 0.717) is 11.5 Å². The van der Waals surface area contributed by atoms with Gasteiger partial charge in [0.2, 0.25) is 0 Å². The van der Waals surface area contributed by atoms with Gasteiger partial charge in [-0.3, -0.25) is 9.78 Å². The second kappa shape index (κ2) is 6.41. The van der Waals surface area contributed by atoms with Crippen LogP contribution in [0, 0.1) is 5.82 Å². The van der Waals surface area contributed by atoms with Gasteiger partial charge in [-0.1, -0.05) is 12.1 Å². The first-order valence-corrected chi connectivity index (χ1v) is 8.30. The summed E-state index contributed by atoms with van der Waals surface area (Å²) >= 11 is 1.53. The maximum absolute atomic E-state index is 13.5. The second-order valence-corrected chi connectivity index (χ2v) is 6.27. The third kappa shape index (κ3) is 3.12. The van der Waals surface area contributed by atoms with Crippen LogP contribution >= 0.6 is 11.3 Å². The summed E-state index contributed by atoms with van der Waals surface area (Å²) in [5, 5.41) is 0.771. The molecular formula is C19H11FN2O2S. The van der Waals surface area contributed by atoms with Gasteiger partial charge in [-0.05, 0) is 42.5 Å². The van der Waals surface area contributed by atoms with Crippen LogP contribution in [0.4, 0.5) is 4.39 Å². The van der Waals surface area contributed by atoms with Crippen molar-refractivity contribution in [1.29, 1.82) is 0 Å². The minimum atomic E-state index is -0.647. The van der Waals surface area contributed by atoms with E-state index in [-0.39, 0.29) is 5.56 Å². The summed E-state index contributed by atoms with van der Waals surface area (Å²) in [6.07, 6.45) is 5.18. The lowest BCUT2D eigenvalue weighted by atomic mass is 10.1. The van der Waals surface area contributed by atoms with Gasteiger partial charge in [0.05, 0.1) is 22.0 Å². The van der Waals surface area contributed by atoms with Gasteiger partial charge >= 0.3 is 0 Å². The molecule has 0 aliphatic rings. The first kappa shape index (κ1) is 15.4. The number of thiazole rings is 1. The van der Waals surface area contributed by atoms with Crippen molar-refractivity contribution in [3.8, 4) is 10.8 Å². The summed E-state index contributed by atoms with van der Waals surface area (Å²) < 4.78 is 20.3. The van der Waals surface area contributed by atoms with E-state index in [4.69, 9.17) is 4.42 Å². The van der Waals surface area contributed by atoms with Crippen LogP contribution < -0.4 is 0 Å². The largest absolute Gasteiger partial charge is 0.454 e. The Balaban J connectivity index is 1.57. The molecule has 0 aliphatic heterocycles. The average Bonchev–Trinajstić information content (AvgIpc) is 3.26. The fraction of sp³-hybridized carbons (Fsp3) is 0. The Labute approximate surface area is 146 Å². The summed E-state index contributed by atoms with van der Waals surface area (Å²) in [7, 11) is 0. The lowest BCUT2D eigenvalue weighted by Crippen LogP contribution is -1.98. The number of carbonyl (C=O) groups is 1. The van der Waals surface area contributed by atoms with Crippen LogP contribution in [0.2, 0.25) is 0 Å². The number of furan rings is 1. The van der Waals surface area contributed by atoms with Crippen molar-refractivity contribution in [2.45, 2.75) is 0 Å². The van der Waals surface area contributed by atoms with Crippen molar-refractivity contribution in [2.75, 3.05) is 0 Å². The number of hydrogen-bond donors (Lipinski definition) is 0. The molecule has 0 atom stereocenters. The molecule has 1 aromatic carbocycles. The number of pyridine rings is 1. The summed E-state index contributed by atoms with van der Waals surface area (Å²) in [5.41, 5.74) is 0.892. The van der Waals surface area contributed by atoms with E-state index in [1.807, 2.05) is 24.3 Å². The van der Waals surface area contributed by atoms with E-state index in [1.165, 1.54) is 35.8 Å². The molecule has 4 nitrogen and oxygen atoms in total. The van der Waals surface area contributed by atoms with Crippen molar-refractivity contribution < 1.29 is 13.6 Å². The molecule has 25 heavy (non-hydrogen) atoms. The van der Waals surface area contributed by atoms with E-state index in [1.54, 1.807) is 12.1 Å². The highest BCUT2D eigenvalue weighted by molar-refractivity contribution is 7.21. The Kier molecular flexibility index (Phi) is 3.95. The number of nitrogens with zero attached hydrogens (tertiary/aromatic N) is 2. The number of hydrogen-bond acceptors (Lipinski definition) is 5. The zero-order chi connectivity index (χ0) is 17.2. The van der Waals surface area contributed by atoms with E-state index in [9.17, 15) is 9.18 Å². The van der Waals surface area contributed by atoms with Crippen molar-refractivity contribution in [2.24, 2.45) is 0 Å². The predicted molar refractivity (Wildman–Crippen MR) is 94.9 cm³/mol. The SMILES string of the molecule is O=C(/C=C/c1ccc(-c2nc3ccccc3s2)o1)c1ccncc1F. The Morgan fingerprint density at radius 2 is 2.04 bits per heavy atom. The van der Waals surface area contributed by atoms with Crippen molar-refractivity contribution in [1.82, 2.24) is 9.97 Å². The maximum Gasteiger partial charge on any atom is 0.189 e. The minimum absolute atomic E-state index is 0.0239. The van der Waals surface area contributed by atoms with Crippen molar-refractivity contribution >= 4 is 33.4 Å². The van der Waals surface area contributed by atoms with Gasteiger partial charge in [0.1, 0.15) is 5.76 Å². The van der Waals surface area contributed by atoms with Crippen LogP contribution in [0.15, 0.2) is 65.4 Å². The topological polar surface area (TPSA) is 56.0 Å². The average molecular weight is 350 g/mol. The number of carbonyl (C=O) groups excluding carboxylic acids is 1. The molecule has 0 saturated heterocycles. The lowest BCUT2D eigenvalue weighted by molar-refractivity contribution is 0.104. The van der Waals surface area contributed by atoms with Gasteiger partial charge in [-0.15, -0.1) is 11.3 Å². The molecule has 4 rings (SSSR count). The molecular weight excluding hydrogens is 339 g/mol. The standard InChI is InChI=1S/C19H11FN2O2S/c20-14-11-21-10-9-13(14)16(23)7-5-12-6-8-17(24-12)19-22-15-3-1-2-4-18(15)25-19/h1-11H/b7-5+. The highest BCUT2D eigenvalue weighted by atomic mass is 32.1. The number of rotatable bonds is 4. The quantitative estimate of drug-likeness (QED) is 0.384. The summed E-state index contributed by atoms with van der Waals surface area (Å²) in [6, 6.07) is 12.7. The first-order chi connectivity index (χ1) is 12.2. The Hall–Kier alpha value is -3.12. The fourth-order valence-corrected chi connectivity index (χ4v) is 3.29. The second-order valence-electron chi connectivity index (χ2n) is 5.24. The summed E-state index contributed by atoms with van der Waals surface area (Å²) in [4.78, 5) is 20.2. The summed E-state index contributed by atoms with van der Waals surface area (Å²) in [5.74, 6) is 0.0325. The molecule has 0 spiro atoms. The molecule has 122 valence electrons. The number of para-hydroxylation sites is 1. The van der Waals surface area contributed by atoms with Gasteiger partial charge in [0.15, 0.2) is 22.4 Å². The molecule has 3 heterocycles. The van der Waals surface area contributed by atoms with Crippen LogP contribution in [-0.2, 0) is 0 Å². The van der Waals surface area contributed by atoms with E-state index in [2.05, 4.69) is 9.97 Å². The fourth-order valence-electron chi connectivity index (χ4n) is 2.36. The first-order valence-electron chi connectivity index (χ1n) is 7.48. The molecule has 0 N–H and O–H groups in total. The van der Waals surface area contributed by atoms with Gasteiger partial charge in [0, 0.05) is 6.20 Å². The van der Waals surface area contributed by atoms with Crippen molar-refractivity contribution in [3.05, 3.63) is 78.1 Å². The molecule has 0 amide bonds. The Morgan fingerprint density at radius 3 is 2.88 bits per heavy atom. The molecule has 0 radical (unpaired) electrons. The number of halogens is 1. The Bertz CT molecular complexity index is 1060. The van der Waals surface area contributed by atoms with Gasteiger partial charge in [-0.25, -0.2) is 9.37 Å².